The van der Waals surface area contributed by atoms with Crippen molar-refractivity contribution in [2.75, 3.05) is 19.0 Å². The van der Waals surface area contributed by atoms with Crippen LogP contribution in [0.1, 0.15) is 6.42 Å². The van der Waals surface area contributed by atoms with Crippen LogP contribution in [0.2, 0.25) is 4.34 Å². The topological polar surface area (TPSA) is 84.7 Å². The molecule has 1 aromatic heterocycles. The molecule has 0 radical (unpaired) electrons. The Morgan fingerprint density at radius 3 is 2.84 bits per heavy atom. The minimum absolute atomic E-state index is 0.171. The molecule has 2 heterocycles. The summed E-state index contributed by atoms with van der Waals surface area (Å²) in [5.41, 5.74) is 5.31. The first kappa shape index (κ1) is 14.1. The molecule has 0 aromatic carbocycles. The van der Waals surface area contributed by atoms with Crippen LogP contribution in [0.15, 0.2) is 12.1 Å². The molecule has 0 saturated carbocycles. The zero-order valence-corrected chi connectivity index (χ0v) is 11.8. The quantitative estimate of drug-likeness (QED) is 0.887. The van der Waals surface area contributed by atoms with E-state index in [0.29, 0.717) is 22.3 Å². The largest absolute Gasteiger partial charge is 0.380 e. The molecule has 1 aliphatic rings. The highest BCUT2D eigenvalue weighted by molar-refractivity contribution is 7.20. The lowest BCUT2D eigenvalue weighted by Gasteiger charge is -2.21. The third-order valence-electron chi connectivity index (χ3n) is 2.99. The highest BCUT2D eigenvalue weighted by atomic mass is 35.5. The van der Waals surface area contributed by atoms with E-state index < -0.39 is 11.9 Å². The summed E-state index contributed by atoms with van der Waals surface area (Å²) in [4.78, 5) is 24.9. The predicted molar refractivity (Wildman–Crippen MR) is 73.5 cm³/mol. The minimum Gasteiger partial charge on any atom is -0.380 e. The molecule has 0 spiro atoms. The van der Waals surface area contributed by atoms with Crippen molar-refractivity contribution in [1.82, 2.24) is 4.90 Å². The number of ether oxygens (including phenoxy) is 1. The molecule has 0 bridgehead atoms. The molecule has 2 rings (SSSR count). The highest BCUT2D eigenvalue weighted by Crippen LogP contribution is 2.27. The lowest BCUT2D eigenvalue weighted by Crippen LogP contribution is -2.45. The van der Waals surface area contributed by atoms with Crippen molar-refractivity contribution in [2.24, 2.45) is 5.73 Å². The third kappa shape index (κ3) is 3.17. The van der Waals surface area contributed by atoms with Gasteiger partial charge in [-0.3, -0.25) is 10.1 Å². The summed E-state index contributed by atoms with van der Waals surface area (Å²) in [5.74, 6) is -0.529. The number of hydrogen-bond acceptors (Lipinski definition) is 4. The van der Waals surface area contributed by atoms with Crippen molar-refractivity contribution >= 4 is 39.9 Å². The smallest absolute Gasteiger partial charge is 0.323 e. The first-order valence-corrected chi connectivity index (χ1v) is 6.85. The van der Waals surface area contributed by atoms with Crippen LogP contribution in [0.5, 0.6) is 0 Å². The maximum absolute atomic E-state index is 12.1. The zero-order chi connectivity index (χ0) is 14.0. The molecule has 1 saturated heterocycles. The van der Waals surface area contributed by atoms with Gasteiger partial charge in [0.05, 0.1) is 15.4 Å². The average Bonchev–Trinajstić information content (AvgIpc) is 2.95. The van der Waals surface area contributed by atoms with E-state index in [1.807, 2.05) is 0 Å². The second kappa shape index (κ2) is 5.77. The van der Waals surface area contributed by atoms with Gasteiger partial charge >= 0.3 is 6.03 Å². The number of urea groups is 1. The molecule has 3 N–H and O–H groups in total. The number of nitrogens with zero attached hydrogens (tertiary/aromatic N) is 1. The van der Waals surface area contributed by atoms with Gasteiger partial charge in [-0.25, -0.2) is 4.79 Å². The second-order valence-corrected chi connectivity index (χ2v) is 5.91. The summed E-state index contributed by atoms with van der Waals surface area (Å²) in [6, 6.07) is 2.38. The van der Waals surface area contributed by atoms with Gasteiger partial charge in [-0.1, -0.05) is 11.6 Å². The molecule has 2 atom stereocenters. The lowest BCUT2D eigenvalue weighted by atomic mass is 10.2. The predicted octanol–water partition coefficient (Wildman–Crippen LogP) is 1.51. The Hall–Kier alpha value is -1.31. The van der Waals surface area contributed by atoms with Gasteiger partial charge in [-0.15, -0.1) is 11.3 Å². The molecule has 19 heavy (non-hydrogen) atoms. The molecule has 1 aliphatic heterocycles. The van der Waals surface area contributed by atoms with E-state index >= 15 is 0 Å². The van der Waals surface area contributed by atoms with Gasteiger partial charge in [0.15, 0.2) is 0 Å². The van der Waals surface area contributed by atoms with E-state index in [1.54, 1.807) is 19.2 Å². The molecular formula is C11H14ClN3O3S. The van der Waals surface area contributed by atoms with Crippen LogP contribution in [-0.4, -0.2) is 42.6 Å². The Bertz CT molecular complexity index is 493. The maximum Gasteiger partial charge on any atom is 0.323 e. The number of nitrogens with one attached hydrogen (secondary N) is 1. The standard InChI is InChI=1S/C11H14ClN3O3S/c1-18-6-4-7(10(13)16)15(5-6)11(17)14-9-3-2-8(12)19-9/h2-3,6-7H,4-5H2,1H3,(H2,13,16)(H,14,17). The Balaban J connectivity index is 2.06. The number of thiophene rings is 1. The van der Waals surface area contributed by atoms with E-state index in [-0.39, 0.29) is 12.1 Å². The van der Waals surface area contributed by atoms with Gasteiger partial charge in [-0.2, -0.15) is 0 Å². The van der Waals surface area contributed by atoms with Crippen LogP contribution in [0, 0.1) is 0 Å². The fraction of sp³-hybridized carbons (Fsp3) is 0.455. The van der Waals surface area contributed by atoms with Crippen molar-refractivity contribution < 1.29 is 14.3 Å². The Labute approximate surface area is 119 Å². The number of carbonyl (C=O) groups excluding carboxylic acids is 2. The maximum atomic E-state index is 12.1. The number of methoxy groups -OCH3 is 1. The average molecular weight is 304 g/mol. The Kier molecular flexibility index (Phi) is 4.28. The van der Waals surface area contributed by atoms with Gasteiger partial charge in [0.1, 0.15) is 6.04 Å². The van der Waals surface area contributed by atoms with E-state index in [4.69, 9.17) is 22.1 Å². The number of anilines is 1. The van der Waals surface area contributed by atoms with Crippen LogP contribution < -0.4 is 11.1 Å². The summed E-state index contributed by atoms with van der Waals surface area (Å²) in [6.07, 6.45) is 0.250. The van der Waals surface area contributed by atoms with E-state index in [2.05, 4.69) is 5.32 Å². The monoisotopic (exact) mass is 303 g/mol. The molecule has 104 valence electrons. The fourth-order valence-electron chi connectivity index (χ4n) is 2.02. The van der Waals surface area contributed by atoms with Crippen LogP contribution in [-0.2, 0) is 9.53 Å². The Morgan fingerprint density at radius 2 is 2.32 bits per heavy atom. The summed E-state index contributed by atoms with van der Waals surface area (Å²) in [7, 11) is 1.54. The van der Waals surface area contributed by atoms with Gasteiger partial charge in [0.2, 0.25) is 5.91 Å². The molecular weight excluding hydrogens is 290 g/mol. The molecule has 1 fully saturated rings. The van der Waals surface area contributed by atoms with Gasteiger partial charge in [0, 0.05) is 20.1 Å². The summed E-state index contributed by atoms with van der Waals surface area (Å²) < 4.78 is 5.76. The van der Waals surface area contributed by atoms with Crippen LogP contribution >= 0.6 is 22.9 Å². The van der Waals surface area contributed by atoms with Gasteiger partial charge in [-0.05, 0) is 12.1 Å². The fourth-order valence-corrected chi connectivity index (χ4v) is 2.95. The van der Waals surface area contributed by atoms with Gasteiger partial charge in [0.25, 0.3) is 0 Å². The number of carbonyl (C=O) groups is 2. The molecule has 2 unspecified atom stereocenters. The number of likely N-dealkylation sites (tertiary alicyclic amines) is 1. The number of hydrogen-bond donors (Lipinski definition) is 2. The number of amides is 3. The third-order valence-corrected chi connectivity index (χ3v) is 4.14. The molecule has 0 aliphatic carbocycles. The number of rotatable bonds is 3. The molecule has 6 nitrogen and oxygen atoms in total. The summed E-state index contributed by atoms with van der Waals surface area (Å²) in [6.45, 7) is 0.342. The summed E-state index contributed by atoms with van der Waals surface area (Å²) >= 11 is 7.04. The zero-order valence-electron chi connectivity index (χ0n) is 10.3. The van der Waals surface area contributed by atoms with Gasteiger partial charge < -0.3 is 15.4 Å². The van der Waals surface area contributed by atoms with Crippen LogP contribution in [0.25, 0.3) is 0 Å². The molecule has 3 amide bonds. The minimum atomic E-state index is -0.639. The first-order valence-electron chi connectivity index (χ1n) is 5.66. The Morgan fingerprint density at radius 1 is 1.58 bits per heavy atom. The van der Waals surface area contributed by atoms with Crippen LogP contribution in [0.4, 0.5) is 9.80 Å². The van der Waals surface area contributed by atoms with Crippen molar-refractivity contribution in [3.05, 3.63) is 16.5 Å². The summed E-state index contributed by atoms with van der Waals surface area (Å²) in [5, 5.41) is 3.32. The number of primary amides is 1. The van der Waals surface area contributed by atoms with Crippen LogP contribution in [0.3, 0.4) is 0 Å². The second-order valence-electron chi connectivity index (χ2n) is 4.20. The normalized spacial score (nSPS) is 22.5. The van der Waals surface area contributed by atoms with Crippen molar-refractivity contribution in [2.45, 2.75) is 18.6 Å². The lowest BCUT2D eigenvalue weighted by molar-refractivity contribution is -0.121. The molecule has 8 heteroatoms. The van der Waals surface area contributed by atoms with Crippen molar-refractivity contribution in [3.63, 3.8) is 0 Å². The number of halogens is 1. The van der Waals surface area contributed by atoms with Crippen molar-refractivity contribution in [3.8, 4) is 0 Å². The number of nitrogens with two attached hydrogens (primary N) is 1. The highest BCUT2D eigenvalue weighted by Gasteiger charge is 2.38. The SMILES string of the molecule is COC1CC(C(N)=O)N(C(=O)Nc2ccc(Cl)s2)C1. The first-order chi connectivity index (χ1) is 9.01. The van der Waals surface area contributed by atoms with E-state index in [1.165, 1.54) is 16.2 Å². The molecule has 1 aromatic rings. The van der Waals surface area contributed by atoms with E-state index in [9.17, 15) is 9.59 Å². The van der Waals surface area contributed by atoms with Crippen molar-refractivity contribution in [1.29, 1.82) is 0 Å². The van der Waals surface area contributed by atoms with E-state index in [0.717, 1.165) is 0 Å².